The van der Waals surface area contributed by atoms with Gasteiger partial charge in [0, 0.05) is 5.39 Å². The molecule has 0 aliphatic carbocycles. The van der Waals surface area contributed by atoms with Crippen molar-refractivity contribution in [1.82, 2.24) is 0 Å². The Balaban J connectivity index is 1.64. The molecule has 1 unspecified atom stereocenters. The summed E-state index contributed by atoms with van der Waals surface area (Å²) in [4.78, 5) is 17.4. The van der Waals surface area contributed by atoms with Crippen molar-refractivity contribution in [3.63, 3.8) is 0 Å². The lowest BCUT2D eigenvalue weighted by atomic mass is 10.0. The molecule has 0 saturated carbocycles. The van der Waals surface area contributed by atoms with Crippen LogP contribution in [0.5, 0.6) is 5.75 Å². The Morgan fingerprint density at radius 3 is 1.88 bits per heavy atom. The fraction of sp³-hybridized carbons (Fsp3) is 0.688. The summed E-state index contributed by atoms with van der Waals surface area (Å²) in [6.07, 6.45) is 19.6. The largest absolute Gasteiger partial charge is 0.487 e. The van der Waals surface area contributed by atoms with Gasteiger partial charge in [0.1, 0.15) is 11.9 Å². The van der Waals surface area contributed by atoms with Gasteiger partial charge >= 0.3 is 7.82 Å². The van der Waals surface area contributed by atoms with Crippen molar-refractivity contribution in [3.05, 3.63) is 42.5 Å². The Bertz CT molecular complexity index is 927. The molecule has 0 bridgehead atoms. The lowest BCUT2D eigenvalue weighted by Gasteiger charge is -2.20. The molecule has 2 N–H and O–H groups in total. The molecule has 0 radical (unpaired) electrons. The van der Waals surface area contributed by atoms with Crippen molar-refractivity contribution in [2.45, 2.75) is 109 Å². The number of rotatable bonds is 26. The average Bonchev–Trinajstić information content (AvgIpc) is 2.94. The minimum Gasteiger partial charge on any atom is -0.487 e. The van der Waals surface area contributed by atoms with Crippen LogP contribution in [0, 0.1) is 0 Å². The van der Waals surface area contributed by atoms with Crippen LogP contribution in [0.15, 0.2) is 42.5 Å². The second-order valence-electron chi connectivity index (χ2n) is 10.6. The van der Waals surface area contributed by atoms with Gasteiger partial charge in [0.05, 0.1) is 33.0 Å². The molecule has 0 heterocycles. The van der Waals surface area contributed by atoms with Crippen LogP contribution in [0.25, 0.3) is 10.8 Å². The Morgan fingerprint density at radius 2 is 1.23 bits per heavy atom. The van der Waals surface area contributed by atoms with Crippen LogP contribution in [0.1, 0.15) is 103 Å². The van der Waals surface area contributed by atoms with E-state index in [9.17, 15) is 4.57 Å². The molecule has 0 fully saturated rings. The van der Waals surface area contributed by atoms with Gasteiger partial charge in [-0.05, 0) is 24.3 Å². The summed E-state index contributed by atoms with van der Waals surface area (Å²) in [5, 5.41) is 2.26. The maximum absolute atomic E-state index is 10.7. The third-order valence-electron chi connectivity index (χ3n) is 7.09. The highest BCUT2D eigenvalue weighted by Gasteiger charge is 2.14. The molecule has 0 saturated heterocycles. The lowest BCUT2D eigenvalue weighted by Crippen LogP contribution is -2.24. The predicted molar refractivity (Wildman–Crippen MR) is 163 cm³/mol. The first kappa shape index (κ1) is 34.7. The summed E-state index contributed by atoms with van der Waals surface area (Å²) >= 11 is 0. The van der Waals surface area contributed by atoms with Crippen molar-refractivity contribution in [2.75, 3.05) is 33.0 Å². The molecular weight excluding hydrogens is 527 g/mol. The van der Waals surface area contributed by atoms with Crippen LogP contribution in [0.2, 0.25) is 0 Å². The van der Waals surface area contributed by atoms with Gasteiger partial charge in [-0.25, -0.2) is 4.57 Å². The maximum Gasteiger partial charge on any atom is 0.469 e. The van der Waals surface area contributed by atoms with E-state index in [1.807, 2.05) is 24.3 Å². The molecule has 0 aromatic heterocycles. The smallest absolute Gasteiger partial charge is 0.469 e. The van der Waals surface area contributed by atoms with E-state index in [0.29, 0.717) is 19.8 Å². The van der Waals surface area contributed by atoms with E-state index in [1.165, 1.54) is 83.5 Å². The monoisotopic (exact) mass is 580 g/mol. The minimum atomic E-state index is -4.45. The topological polar surface area (TPSA) is 94.5 Å². The quantitative estimate of drug-likeness (QED) is 0.0850. The van der Waals surface area contributed by atoms with Gasteiger partial charge in [0.2, 0.25) is 0 Å². The van der Waals surface area contributed by atoms with E-state index in [0.717, 1.165) is 29.4 Å². The summed E-state index contributed by atoms with van der Waals surface area (Å²) < 4.78 is 32.7. The van der Waals surface area contributed by atoms with E-state index in [4.69, 9.17) is 24.0 Å². The zero-order valence-corrected chi connectivity index (χ0v) is 25.5. The fourth-order valence-electron chi connectivity index (χ4n) is 4.87. The zero-order valence-electron chi connectivity index (χ0n) is 24.6. The van der Waals surface area contributed by atoms with Gasteiger partial charge in [0.25, 0.3) is 0 Å². The van der Waals surface area contributed by atoms with Gasteiger partial charge in [-0.3, -0.25) is 4.52 Å². The number of benzene rings is 2. The van der Waals surface area contributed by atoms with Crippen molar-refractivity contribution in [2.24, 2.45) is 0 Å². The SMILES string of the molecule is CCCCCCCCCCCCCCCCC(COCCOCCOP(=O)(O)O)Oc1cccc2ccccc12. The van der Waals surface area contributed by atoms with Crippen molar-refractivity contribution >= 4 is 18.6 Å². The number of unbranched alkanes of at least 4 members (excludes halogenated alkanes) is 13. The van der Waals surface area contributed by atoms with Crippen LogP contribution < -0.4 is 4.74 Å². The van der Waals surface area contributed by atoms with Gasteiger partial charge in [0.15, 0.2) is 0 Å². The number of hydrogen-bond donors (Lipinski definition) is 2. The maximum atomic E-state index is 10.7. The Labute approximate surface area is 242 Å². The molecule has 7 nitrogen and oxygen atoms in total. The summed E-state index contributed by atoms with van der Waals surface area (Å²) in [6, 6.07) is 14.4. The van der Waals surface area contributed by atoms with E-state index in [2.05, 4.69) is 29.6 Å². The summed E-state index contributed by atoms with van der Waals surface area (Å²) in [7, 11) is -4.45. The number of hydrogen-bond acceptors (Lipinski definition) is 5. The number of phosphoric ester groups is 1. The van der Waals surface area contributed by atoms with Crippen LogP contribution in [0.3, 0.4) is 0 Å². The number of fused-ring (bicyclic) bond motifs is 1. The van der Waals surface area contributed by atoms with E-state index in [1.54, 1.807) is 0 Å². The highest BCUT2D eigenvalue weighted by molar-refractivity contribution is 7.46. The number of ether oxygens (including phenoxy) is 3. The molecule has 2 aromatic carbocycles. The highest BCUT2D eigenvalue weighted by atomic mass is 31.2. The van der Waals surface area contributed by atoms with Crippen LogP contribution in [0.4, 0.5) is 0 Å². The molecular formula is C32H53O7P. The van der Waals surface area contributed by atoms with Crippen LogP contribution in [-0.2, 0) is 18.6 Å². The summed E-state index contributed by atoms with van der Waals surface area (Å²) in [5.74, 6) is 0.878. The van der Waals surface area contributed by atoms with Crippen molar-refractivity contribution in [3.8, 4) is 5.75 Å². The Morgan fingerprint density at radius 1 is 0.675 bits per heavy atom. The van der Waals surface area contributed by atoms with Gasteiger partial charge in [-0.15, -0.1) is 0 Å². The molecule has 0 spiro atoms. The first-order valence-electron chi connectivity index (χ1n) is 15.5. The third kappa shape index (κ3) is 17.4. The zero-order chi connectivity index (χ0) is 28.7. The third-order valence-corrected chi connectivity index (χ3v) is 7.60. The van der Waals surface area contributed by atoms with Crippen LogP contribution in [-0.4, -0.2) is 48.9 Å². The summed E-state index contributed by atoms with van der Waals surface area (Å²) in [5.41, 5.74) is 0. The molecule has 0 aliphatic rings. The van der Waals surface area contributed by atoms with Crippen molar-refractivity contribution in [1.29, 1.82) is 0 Å². The van der Waals surface area contributed by atoms with E-state index >= 15 is 0 Å². The normalized spacial score (nSPS) is 12.7. The van der Waals surface area contributed by atoms with Gasteiger partial charge < -0.3 is 24.0 Å². The van der Waals surface area contributed by atoms with E-state index < -0.39 is 7.82 Å². The molecule has 8 heteroatoms. The predicted octanol–water partition coefficient (Wildman–Crippen LogP) is 8.60. The second kappa shape index (κ2) is 22.2. The molecule has 0 amide bonds. The molecule has 1 atom stereocenters. The lowest BCUT2D eigenvalue weighted by molar-refractivity contribution is 0.00254. The molecule has 40 heavy (non-hydrogen) atoms. The Hall–Kier alpha value is -1.47. The first-order chi connectivity index (χ1) is 19.5. The molecule has 0 aliphatic heterocycles. The standard InChI is InChI=1S/C32H53O7P/c1-2-3-4-5-6-7-8-9-10-11-12-13-14-15-21-30(28-37-25-24-36-26-27-38-40(33,34)35)39-32-23-18-20-29-19-16-17-22-31(29)32/h16-20,22-23,30H,2-15,21,24-28H2,1H3,(H2,33,34,35). The fourth-order valence-corrected chi connectivity index (χ4v) is 5.18. The molecule has 2 aromatic rings. The summed E-state index contributed by atoms with van der Waals surface area (Å²) in [6.45, 7) is 3.38. The average molecular weight is 581 g/mol. The van der Waals surface area contributed by atoms with Gasteiger partial charge in [-0.2, -0.15) is 0 Å². The molecule has 2 rings (SSSR count). The molecule has 228 valence electrons. The first-order valence-corrected chi connectivity index (χ1v) is 17.0. The second-order valence-corrected chi connectivity index (χ2v) is 11.9. The van der Waals surface area contributed by atoms with Crippen molar-refractivity contribution < 1.29 is 33.1 Å². The van der Waals surface area contributed by atoms with Crippen LogP contribution >= 0.6 is 7.82 Å². The minimum absolute atomic E-state index is 0.0545. The van der Waals surface area contributed by atoms with E-state index in [-0.39, 0.29) is 19.3 Å². The van der Waals surface area contributed by atoms with Gasteiger partial charge in [-0.1, -0.05) is 127 Å². The Kier molecular flexibility index (Phi) is 19.2. The number of phosphoric acid groups is 1. The highest BCUT2D eigenvalue weighted by Crippen LogP contribution is 2.35.